The Bertz CT molecular complexity index is 1560. The van der Waals surface area contributed by atoms with Gasteiger partial charge < -0.3 is 14.4 Å². The van der Waals surface area contributed by atoms with Crippen LogP contribution < -0.4 is 15.0 Å². The number of para-hydroxylation sites is 1. The summed E-state index contributed by atoms with van der Waals surface area (Å²) < 4.78 is 13.3. The number of benzene rings is 3. The molecular formula is C32H36BrN3O4. The summed E-state index contributed by atoms with van der Waals surface area (Å²) in [4.78, 5) is 34.8. The third-order valence-corrected chi connectivity index (χ3v) is 7.62. The van der Waals surface area contributed by atoms with Crippen LogP contribution in [0.5, 0.6) is 11.5 Å². The second kappa shape index (κ2) is 12.3. The molecule has 40 heavy (non-hydrogen) atoms. The van der Waals surface area contributed by atoms with Crippen LogP contribution in [-0.4, -0.2) is 41.1 Å². The van der Waals surface area contributed by atoms with Gasteiger partial charge in [-0.25, -0.2) is 4.98 Å². The van der Waals surface area contributed by atoms with Crippen LogP contribution in [-0.2, 0) is 11.2 Å². The van der Waals surface area contributed by atoms with E-state index in [1.54, 1.807) is 37.0 Å². The fourth-order valence-corrected chi connectivity index (χ4v) is 5.34. The van der Waals surface area contributed by atoms with Gasteiger partial charge in [-0.05, 0) is 52.4 Å². The summed E-state index contributed by atoms with van der Waals surface area (Å²) in [6.07, 6.45) is 1.04. The lowest BCUT2D eigenvalue weighted by Gasteiger charge is -2.33. The molecule has 4 aromatic rings. The first-order valence-corrected chi connectivity index (χ1v) is 14.1. The molecule has 0 radical (unpaired) electrons. The minimum Gasteiger partial charge on any atom is -0.497 e. The van der Waals surface area contributed by atoms with Crippen molar-refractivity contribution in [3.63, 3.8) is 0 Å². The lowest BCUT2D eigenvalue weighted by molar-refractivity contribution is -0.135. The summed E-state index contributed by atoms with van der Waals surface area (Å²) in [6.45, 7) is 8.56. The lowest BCUT2D eigenvalue weighted by atomic mass is 9.91. The Balaban J connectivity index is 1.93. The van der Waals surface area contributed by atoms with Crippen molar-refractivity contribution in [3.8, 4) is 17.2 Å². The van der Waals surface area contributed by atoms with Crippen molar-refractivity contribution in [1.29, 1.82) is 0 Å². The number of hydrogen-bond donors (Lipinski definition) is 0. The Labute approximate surface area is 243 Å². The van der Waals surface area contributed by atoms with Gasteiger partial charge in [0.2, 0.25) is 5.91 Å². The number of aromatic nitrogens is 2. The SMILES string of the molecule is COc1cc(OC)c(Br)c(-n2c(C(C)N(CCc3ccccc3)C(=O)CC(C)(C)C)nc3ccccc3c2=O)c1. The molecule has 0 spiro atoms. The Hall–Kier alpha value is -3.65. The van der Waals surface area contributed by atoms with Crippen LogP contribution in [0.4, 0.5) is 0 Å². The van der Waals surface area contributed by atoms with E-state index in [4.69, 9.17) is 14.5 Å². The van der Waals surface area contributed by atoms with Crippen molar-refractivity contribution in [2.75, 3.05) is 20.8 Å². The molecule has 1 aromatic heterocycles. The predicted molar refractivity (Wildman–Crippen MR) is 162 cm³/mol. The molecule has 1 unspecified atom stereocenters. The largest absolute Gasteiger partial charge is 0.497 e. The van der Waals surface area contributed by atoms with Crippen molar-refractivity contribution in [2.45, 2.75) is 46.6 Å². The van der Waals surface area contributed by atoms with Crippen molar-refractivity contribution < 1.29 is 14.3 Å². The van der Waals surface area contributed by atoms with Crippen molar-refractivity contribution in [1.82, 2.24) is 14.5 Å². The third kappa shape index (κ3) is 6.39. The van der Waals surface area contributed by atoms with Crippen LogP contribution in [0.2, 0.25) is 0 Å². The van der Waals surface area contributed by atoms with Crippen molar-refractivity contribution in [2.24, 2.45) is 5.41 Å². The average Bonchev–Trinajstić information content (AvgIpc) is 2.93. The van der Waals surface area contributed by atoms with Gasteiger partial charge in [-0.1, -0.05) is 63.2 Å². The zero-order valence-electron chi connectivity index (χ0n) is 23.9. The van der Waals surface area contributed by atoms with Gasteiger partial charge in [0, 0.05) is 25.1 Å². The number of ether oxygens (including phenoxy) is 2. The average molecular weight is 607 g/mol. The zero-order valence-corrected chi connectivity index (χ0v) is 25.5. The van der Waals surface area contributed by atoms with E-state index in [1.807, 2.05) is 48.2 Å². The Morgan fingerprint density at radius 1 is 1.02 bits per heavy atom. The summed E-state index contributed by atoms with van der Waals surface area (Å²) >= 11 is 3.64. The number of halogens is 1. The number of carbonyl (C=O) groups is 1. The molecule has 0 saturated heterocycles. The minimum absolute atomic E-state index is 0.00665. The van der Waals surface area contributed by atoms with Crippen LogP contribution in [0.25, 0.3) is 16.6 Å². The summed E-state index contributed by atoms with van der Waals surface area (Å²) in [5, 5.41) is 0.476. The second-order valence-electron chi connectivity index (χ2n) is 11.0. The molecule has 1 heterocycles. The standard InChI is InChI=1S/C32H36BrN3O4/c1-21(35(28(37)20-32(2,3)4)17-16-22-12-8-7-9-13-22)30-34-25-15-11-10-14-24(25)31(38)36(30)26-18-23(39-5)19-27(40-6)29(26)33/h7-15,18-19,21H,16-17,20H2,1-6H3. The normalized spacial score (nSPS) is 12.3. The van der Waals surface area contributed by atoms with Gasteiger partial charge in [0.1, 0.15) is 17.3 Å². The zero-order chi connectivity index (χ0) is 29.0. The molecule has 210 valence electrons. The van der Waals surface area contributed by atoms with Crippen LogP contribution in [0.15, 0.2) is 76.0 Å². The first-order valence-electron chi connectivity index (χ1n) is 13.3. The van der Waals surface area contributed by atoms with E-state index in [-0.39, 0.29) is 16.9 Å². The molecule has 8 heteroatoms. The quantitative estimate of drug-likeness (QED) is 0.211. The summed E-state index contributed by atoms with van der Waals surface area (Å²) in [5.41, 5.74) is 1.78. The monoisotopic (exact) mass is 605 g/mol. The van der Waals surface area contributed by atoms with Gasteiger partial charge in [0.15, 0.2) is 0 Å². The maximum atomic E-state index is 14.1. The Kier molecular flexibility index (Phi) is 8.98. The van der Waals surface area contributed by atoms with Gasteiger partial charge in [0.05, 0.1) is 41.3 Å². The number of rotatable bonds is 9. The predicted octanol–water partition coefficient (Wildman–Crippen LogP) is 6.73. The molecule has 0 fully saturated rings. The smallest absolute Gasteiger partial charge is 0.266 e. The number of fused-ring (bicyclic) bond motifs is 1. The molecule has 0 saturated carbocycles. The van der Waals surface area contributed by atoms with E-state index in [9.17, 15) is 9.59 Å². The summed E-state index contributed by atoms with van der Waals surface area (Å²) in [5.74, 6) is 1.50. The highest BCUT2D eigenvalue weighted by atomic mass is 79.9. The molecular weight excluding hydrogens is 570 g/mol. The number of carbonyl (C=O) groups excluding carboxylic acids is 1. The highest BCUT2D eigenvalue weighted by Crippen LogP contribution is 2.37. The van der Waals surface area contributed by atoms with E-state index in [2.05, 4.69) is 48.8 Å². The summed E-state index contributed by atoms with van der Waals surface area (Å²) in [7, 11) is 3.12. The van der Waals surface area contributed by atoms with Crippen molar-refractivity contribution in [3.05, 3.63) is 92.9 Å². The minimum atomic E-state index is -0.514. The molecule has 7 nitrogen and oxygen atoms in total. The maximum absolute atomic E-state index is 14.1. The molecule has 0 aliphatic rings. The molecule has 3 aromatic carbocycles. The number of methoxy groups -OCH3 is 2. The first kappa shape index (κ1) is 29.3. The summed E-state index contributed by atoms with van der Waals surface area (Å²) in [6, 6.07) is 20.3. The Morgan fingerprint density at radius 2 is 1.70 bits per heavy atom. The van der Waals surface area contributed by atoms with Crippen LogP contribution in [0.1, 0.15) is 51.5 Å². The van der Waals surface area contributed by atoms with Crippen LogP contribution in [0.3, 0.4) is 0 Å². The fraction of sp³-hybridized carbons (Fsp3) is 0.344. The molecule has 0 aliphatic carbocycles. The fourth-order valence-electron chi connectivity index (χ4n) is 4.77. The molecule has 0 aliphatic heterocycles. The molecule has 0 bridgehead atoms. The van der Waals surface area contributed by atoms with E-state index in [1.165, 1.54) is 0 Å². The van der Waals surface area contributed by atoms with Crippen LogP contribution in [0, 0.1) is 5.41 Å². The van der Waals surface area contributed by atoms with E-state index in [0.29, 0.717) is 57.8 Å². The van der Waals surface area contributed by atoms with Gasteiger partial charge in [-0.15, -0.1) is 0 Å². The van der Waals surface area contributed by atoms with Gasteiger partial charge in [-0.3, -0.25) is 14.2 Å². The third-order valence-electron chi connectivity index (χ3n) is 6.82. The van der Waals surface area contributed by atoms with Crippen LogP contribution >= 0.6 is 15.9 Å². The van der Waals surface area contributed by atoms with E-state index >= 15 is 0 Å². The number of hydrogen-bond acceptors (Lipinski definition) is 5. The Morgan fingerprint density at radius 3 is 2.35 bits per heavy atom. The van der Waals surface area contributed by atoms with E-state index < -0.39 is 6.04 Å². The first-order chi connectivity index (χ1) is 19.0. The number of amides is 1. The molecule has 4 rings (SSSR count). The molecule has 1 atom stereocenters. The lowest BCUT2D eigenvalue weighted by Crippen LogP contribution is -2.40. The van der Waals surface area contributed by atoms with Gasteiger partial charge in [0.25, 0.3) is 5.56 Å². The number of nitrogens with zero attached hydrogens (tertiary/aromatic N) is 3. The molecule has 0 N–H and O–H groups in total. The maximum Gasteiger partial charge on any atom is 0.266 e. The highest BCUT2D eigenvalue weighted by Gasteiger charge is 2.30. The van der Waals surface area contributed by atoms with Gasteiger partial charge in [-0.2, -0.15) is 0 Å². The molecule has 1 amide bonds. The topological polar surface area (TPSA) is 73.7 Å². The highest BCUT2D eigenvalue weighted by molar-refractivity contribution is 9.10. The van der Waals surface area contributed by atoms with E-state index in [0.717, 1.165) is 5.56 Å². The van der Waals surface area contributed by atoms with Gasteiger partial charge >= 0.3 is 0 Å². The second-order valence-corrected chi connectivity index (χ2v) is 11.8. The van der Waals surface area contributed by atoms with Crippen molar-refractivity contribution >= 4 is 32.7 Å².